The summed E-state index contributed by atoms with van der Waals surface area (Å²) in [6.07, 6.45) is 0.465. The molecule has 0 aliphatic rings. The summed E-state index contributed by atoms with van der Waals surface area (Å²) in [4.78, 5) is 13.3. The van der Waals surface area contributed by atoms with E-state index in [0.717, 1.165) is 16.7 Å². The number of benzene rings is 3. The van der Waals surface area contributed by atoms with E-state index in [-0.39, 0.29) is 11.7 Å². The monoisotopic (exact) mass is 369 g/mol. The number of carbonyl (C=O) groups excluding carboxylic acids is 1. The molecule has 0 heterocycles. The first-order valence-electron chi connectivity index (χ1n) is 10.2. The van der Waals surface area contributed by atoms with Gasteiger partial charge in [0.05, 0.1) is 0 Å². The van der Waals surface area contributed by atoms with Gasteiger partial charge in [-0.25, -0.2) is 0 Å². The van der Waals surface area contributed by atoms with Crippen molar-refractivity contribution in [3.63, 3.8) is 0 Å². The number of hydrogen-bond acceptors (Lipinski definition) is 1. The molecular weight excluding hydrogens is 340 g/mol. The summed E-state index contributed by atoms with van der Waals surface area (Å²) in [7, 11) is 0. The van der Waals surface area contributed by atoms with Crippen molar-refractivity contribution in [1.82, 2.24) is 0 Å². The molecule has 1 heteroatoms. The fourth-order valence-electron chi connectivity index (χ4n) is 3.50. The van der Waals surface area contributed by atoms with Gasteiger partial charge >= 0.3 is 0 Å². The maximum absolute atomic E-state index is 13.3. The lowest BCUT2D eigenvalue weighted by Crippen LogP contribution is -2.10. The normalized spacial score (nSPS) is 11.4. The van der Waals surface area contributed by atoms with Gasteiger partial charge in [0.25, 0.3) is 0 Å². The molecule has 1 nitrogen and oxygen atoms in total. The summed E-state index contributed by atoms with van der Waals surface area (Å²) in [6.45, 7) is 8.61. The van der Waals surface area contributed by atoms with Crippen molar-refractivity contribution in [3.8, 4) is 0 Å². The van der Waals surface area contributed by atoms with Crippen LogP contribution in [0.3, 0.4) is 0 Å². The smallest absolute Gasteiger partial charge is 0.163 e. The van der Waals surface area contributed by atoms with Crippen LogP contribution in [0.25, 0.3) is 0 Å². The lowest BCUT2D eigenvalue weighted by molar-refractivity contribution is 0.0977. The van der Waals surface area contributed by atoms with E-state index in [2.05, 4.69) is 58.0 Å². The first kappa shape index (κ1) is 20.1. The maximum Gasteiger partial charge on any atom is 0.163 e. The Morgan fingerprint density at radius 2 is 1.18 bits per heavy atom. The first-order valence-corrected chi connectivity index (χ1v) is 10.2. The van der Waals surface area contributed by atoms with Crippen LogP contribution >= 0.6 is 0 Å². The van der Waals surface area contributed by atoms with Crippen molar-refractivity contribution >= 4 is 5.78 Å². The van der Waals surface area contributed by atoms with Crippen molar-refractivity contribution in [2.24, 2.45) is 0 Å². The summed E-state index contributed by atoms with van der Waals surface area (Å²) < 4.78 is 0. The van der Waals surface area contributed by atoms with Crippen molar-refractivity contribution in [2.45, 2.75) is 51.9 Å². The molecular formula is C27H29O. The van der Waals surface area contributed by atoms with E-state index in [1.807, 2.05) is 48.5 Å². The molecule has 143 valence electrons. The molecule has 1 radical (unpaired) electrons. The van der Waals surface area contributed by atoms with Crippen LogP contribution in [-0.2, 0) is 0 Å². The van der Waals surface area contributed by atoms with Crippen molar-refractivity contribution in [3.05, 3.63) is 107 Å². The van der Waals surface area contributed by atoms with Crippen molar-refractivity contribution in [1.29, 1.82) is 0 Å². The van der Waals surface area contributed by atoms with Gasteiger partial charge in [0, 0.05) is 17.9 Å². The second kappa shape index (κ2) is 9.01. The molecule has 0 saturated carbocycles. The third-order valence-electron chi connectivity index (χ3n) is 5.27. The Bertz CT molecular complexity index is 842. The predicted octanol–water partition coefficient (Wildman–Crippen LogP) is 7.14. The highest BCUT2D eigenvalue weighted by Gasteiger charge is 2.20. The van der Waals surface area contributed by atoms with Crippen LogP contribution in [-0.4, -0.2) is 5.78 Å². The van der Waals surface area contributed by atoms with Gasteiger partial charge in [0.15, 0.2) is 5.78 Å². The lowest BCUT2D eigenvalue weighted by Gasteiger charge is -2.19. The minimum atomic E-state index is 0.0593. The Kier molecular flexibility index (Phi) is 6.46. The fourth-order valence-corrected chi connectivity index (χ4v) is 3.50. The van der Waals surface area contributed by atoms with Gasteiger partial charge < -0.3 is 0 Å². The van der Waals surface area contributed by atoms with Crippen LogP contribution in [0.4, 0.5) is 0 Å². The first-order chi connectivity index (χ1) is 13.5. The van der Waals surface area contributed by atoms with E-state index in [4.69, 9.17) is 0 Å². The summed E-state index contributed by atoms with van der Waals surface area (Å²) in [5, 5.41) is 0. The van der Waals surface area contributed by atoms with Gasteiger partial charge in [-0.05, 0) is 52.3 Å². The van der Waals surface area contributed by atoms with Crippen LogP contribution in [0.1, 0.15) is 84.5 Å². The second-order valence-corrected chi connectivity index (χ2v) is 8.09. The summed E-state index contributed by atoms with van der Waals surface area (Å²) in [5.41, 5.74) is 5.40. The average molecular weight is 370 g/mol. The summed E-state index contributed by atoms with van der Waals surface area (Å²) in [6, 6.07) is 28.2. The standard InChI is InChI=1S/C27H29O/c1-19(2)23-15-24(20(3)4)17-25(16-23)27(28)18-26(21-11-7-5-8-12-21)22-13-9-6-10-14-22/h5-14,16-17,19-20,26H,18H2,1-4H3. The summed E-state index contributed by atoms with van der Waals surface area (Å²) >= 11 is 0. The number of hydrogen-bond donors (Lipinski definition) is 0. The Hall–Kier alpha value is -2.67. The maximum atomic E-state index is 13.3. The van der Waals surface area contributed by atoms with Crippen LogP contribution < -0.4 is 0 Å². The quantitative estimate of drug-likeness (QED) is 0.405. The van der Waals surface area contributed by atoms with E-state index in [0.29, 0.717) is 18.3 Å². The molecule has 0 fully saturated rings. The van der Waals surface area contributed by atoms with Crippen molar-refractivity contribution < 1.29 is 4.79 Å². The van der Waals surface area contributed by atoms with Crippen LogP contribution in [0, 0.1) is 6.07 Å². The zero-order valence-corrected chi connectivity index (χ0v) is 17.3. The minimum absolute atomic E-state index is 0.0593. The van der Waals surface area contributed by atoms with Crippen LogP contribution in [0.5, 0.6) is 0 Å². The number of carbonyl (C=O) groups is 1. The van der Waals surface area contributed by atoms with E-state index < -0.39 is 0 Å². The highest BCUT2D eigenvalue weighted by atomic mass is 16.1. The minimum Gasteiger partial charge on any atom is -0.294 e. The van der Waals surface area contributed by atoms with Gasteiger partial charge in [0.2, 0.25) is 0 Å². The third-order valence-corrected chi connectivity index (χ3v) is 5.27. The third kappa shape index (κ3) is 4.78. The zero-order chi connectivity index (χ0) is 20.1. The van der Waals surface area contributed by atoms with Crippen molar-refractivity contribution in [2.75, 3.05) is 0 Å². The Labute approximate surface area is 169 Å². The van der Waals surface area contributed by atoms with Gasteiger partial charge in [-0.15, -0.1) is 0 Å². The molecule has 0 aromatic heterocycles. The molecule has 0 spiro atoms. The summed E-state index contributed by atoms with van der Waals surface area (Å²) in [5.74, 6) is 0.952. The number of rotatable bonds is 7. The zero-order valence-electron chi connectivity index (χ0n) is 17.3. The molecule has 0 aliphatic heterocycles. The molecule has 3 aromatic carbocycles. The molecule has 3 rings (SSSR count). The topological polar surface area (TPSA) is 17.1 Å². The van der Waals surface area contributed by atoms with E-state index in [1.165, 1.54) is 11.1 Å². The highest BCUT2D eigenvalue weighted by molar-refractivity contribution is 5.97. The second-order valence-electron chi connectivity index (χ2n) is 8.09. The van der Waals surface area contributed by atoms with E-state index in [1.54, 1.807) is 0 Å². The fraction of sp³-hybridized carbons (Fsp3) is 0.296. The Morgan fingerprint density at radius 3 is 1.57 bits per heavy atom. The largest absolute Gasteiger partial charge is 0.294 e. The molecule has 0 N–H and O–H groups in total. The number of ketones is 1. The highest BCUT2D eigenvalue weighted by Crippen LogP contribution is 2.31. The van der Waals surface area contributed by atoms with Crippen LogP contribution in [0.15, 0.2) is 72.8 Å². The average Bonchev–Trinajstić information content (AvgIpc) is 2.72. The molecule has 0 bridgehead atoms. The van der Waals surface area contributed by atoms with Gasteiger partial charge in [-0.1, -0.05) is 88.4 Å². The van der Waals surface area contributed by atoms with Crippen LogP contribution in [0.2, 0.25) is 0 Å². The molecule has 0 amide bonds. The van der Waals surface area contributed by atoms with Gasteiger partial charge in [0.1, 0.15) is 0 Å². The van der Waals surface area contributed by atoms with E-state index >= 15 is 0 Å². The van der Waals surface area contributed by atoms with Gasteiger partial charge in [-0.3, -0.25) is 4.79 Å². The molecule has 0 unspecified atom stereocenters. The molecule has 0 atom stereocenters. The van der Waals surface area contributed by atoms with E-state index in [9.17, 15) is 4.79 Å². The number of Topliss-reactive ketones (excluding diaryl/α,β-unsaturated/α-hetero) is 1. The Morgan fingerprint density at radius 1 is 0.750 bits per heavy atom. The SMILES string of the molecule is CC(C)c1[c]c(C(C)C)cc(C(=O)CC(c2ccccc2)c2ccccc2)c1. The molecule has 28 heavy (non-hydrogen) atoms. The molecule has 3 aromatic rings. The molecule has 0 saturated heterocycles. The molecule has 0 aliphatic carbocycles. The lowest BCUT2D eigenvalue weighted by atomic mass is 9.84. The van der Waals surface area contributed by atoms with Gasteiger partial charge in [-0.2, -0.15) is 0 Å². The predicted molar refractivity (Wildman–Crippen MR) is 117 cm³/mol. The Balaban J connectivity index is 1.97.